The fraction of sp³-hybridized carbons (Fsp3) is 0.714. The largest absolute Gasteiger partial charge is 0.383 e. The van der Waals surface area contributed by atoms with Crippen LogP contribution >= 0.6 is 11.3 Å². The summed E-state index contributed by atoms with van der Waals surface area (Å²) in [5.74, 6) is 0. The summed E-state index contributed by atoms with van der Waals surface area (Å²) in [6, 6.07) is 5.27. The predicted molar refractivity (Wildman–Crippen MR) is 79.2 cm³/mol. The monoisotopic (exact) mass is 270 g/mol. The fourth-order valence-electron chi connectivity index (χ4n) is 2.33. The van der Waals surface area contributed by atoms with Crippen LogP contribution in [0.4, 0.5) is 0 Å². The molecule has 0 bridgehead atoms. The van der Waals surface area contributed by atoms with E-state index in [0.29, 0.717) is 12.1 Å². The Morgan fingerprint density at radius 1 is 1.39 bits per heavy atom. The average molecular weight is 270 g/mol. The van der Waals surface area contributed by atoms with Gasteiger partial charge in [0, 0.05) is 37.2 Å². The van der Waals surface area contributed by atoms with Crippen molar-refractivity contribution in [3.63, 3.8) is 0 Å². The molecule has 0 radical (unpaired) electrons. The van der Waals surface area contributed by atoms with E-state index >= 15 is 0 Å². The zero-order valence-electron chi connectivity index (χ0n) is 12.0. The molecule has 3 nitrogen and oxygen atoms in total. The van der Waals surface area contributed by atoms with E-state index in [1.54, 1.807) is 7.11 Å². The maximum atomic E-state index is 5.24. The number of nitrogens with zero attached hydrogens (tertiary/aromatic N) is 1. The number of nitrogens with one attached hydrogen (secondary N) is 1. The zero-order valence-corrected chi connectivity index (χ0v) is 12.8. The summed E-state index contributed by atoms with van der Waals surface area (Å²) in [6.45, 7) is 10.6. The minimum Gasteiger partial charge on any atom is -0.383 e. The smallest absolute Gasteiger partial charge is 0.0615 e. The van der Waals surface area contributed by atoms with Crippen LogP contribution < -0.4 is 5.32 Å². The molecule has 104 valence electrons. The van der Waals surface area contributed by atoms with Crippen LogP contribution in [0.5, 0.6) is 0 Å². The molecule has 0 aromatic carbocycles. The Morgan fingerprint density at radius 3 is 2.72 bits per heavy atom. The Bertz CT molecular complexity index is 303. The molecule has 4 heteroatoms. The van der Waals surface area contributed by atoms with Crippen molar-refractivity contribution in [3.05, 3.63) is 22.4 Å². The van der Waals surface area contributed by atoms with Crippen LogP contribution in [0.2, 0.25) is 0 Å². The highest BCUT2D eigenvalue weighted by atomic mass is 32.1. The summed E-state index contributed by atoms with van der Waals surface area (Å²) in [7, 11) is 1.77. The maximum Gasteiger partial charge on any atom is 0.0615 e. The van der Waals surface area contributed by atoms with Gasteiger partial charge < -0.3 is 10.1 Å². The Kier molecular flexibility index (Phi) is 7.51. The molecule has 1 heterocycles. The van der Waals surface area contributed by atoms with Gasteiger partial charge in [-0.1, -0.05) is 13.0 Å². The normalized spacial score (nSPS) is 14.9. The van der Waals surface area contributed by atoms with Gasteiger partial charge in [0.25, 0.3) is 0 Å². The van der Waals surface area contributed by atoms with E-state index in [2.05, 4.69) is 48.5 Å². The number of rotatable bonds is 9. The minimum absolute atomic E-state index is 0.471. The number of methoxy groups -OCH3 is 1. The second-order valence-corrected chi connectivity index (χ2v) is 5.73. The fourth-order valence-corrected chi connectivity index (χ4v) is 3.00. The summed E-state index contributed by atoms with van der Waals surface area (Å²) in [6.07, 6.45) is 0. The lowest BCUT2D eigenvalue weighted by molar-refractivity contribution is 0.0780. The molecule has 1 rings (SSSR count). The summed E-state index contributed by atoms with van der Waals surface area (Å²) < 4.78 is 5.24. The first-order valence-electron chi connectivity index (χ1n) is 6.66. The summed E-state index contributed by atoms with van der Waals surface area (Å²) in [4.78, 5) is 3.88. The van der Waals surface area contributed by atoms with Crippen molar-refractivity contribution >= 4 is 11.3 Å². The highest BCUT2D eigenvalue weighted by Crippen LogP contribution is 2.09. The topological polar surface area (TPSA) is 24.5 Å². The Hall–Kier alpha value is -0.420. The molecule has 1 aromatic rings. The molecule has 0 aliphatic rings. The van der Waals surface area contributed by atoms with Gasteiger partial charge in [-0.3, -0.25) is 4.90 Å². The first kappa shape index (κ1) is 15.6. The van der Waals surface area contributed by atoms with E-state index < -0.39 is 0 Å². The first-order chi connectivity index (χ1) is 8.69. The molecular weight excluding hydrogens is 244 g/mol. The minimum atomic E-state index is 0.471. The number of thiophene rings is 1. The third-order valence-corrected chi connectivity index (χ3v) is 4.10. The molecule has 0 saturated carbocycles. The van der Waals surface area contributed by atoms with Crippen molar-refractivity contribution in [2.24, 2.45) is 0 Å². The molecule has 18 heavy (non-hydrogen) atoms. The van der Waals surface area contributed by atoms with Gasteiger partial charge in [0.15, 0.2) is 0 Å². The molecular formula is C14H26N2OS. The van der Waals surface area contributed by atoms with E-state index in [-0.39, 0.29) is 0 Å². The van der Waals surface area contributed by atoms with Crippen molar-refractivity contribution in [1.29, 1.82) is 0 Å². The molecule has 1 aromatic heterocycles. The third-order valence-electron chi connectivity index (χ3n) is 3.22. The van der Waals surface area contributed by atoms with Crippen LogP contribution in [-0.2, 0) is 11.3 Å². The third kappa shape index (κ3) is 5.06. The first-order valence-corrected chi connectivity index (χ1v) is 7.54. The van der Waals surface area contributed by atoms with Crippen molar-refractivity contribution in [2.45, 2.75) is 39.4 Å². The van der Waals surface area contributed by atoms with Gasteiger partial charge in [0.1, 0.15) is 0 Å². The molecule has 2 atom stereocenters. The van der Waals surface area contributed by atoms with Gasteiger partial charge in [-0.25, -0.2) is 0 Å². The van der Waals surface area contributed by atoms with E-state index in [0.717, 1.165) is 26.2 Å². The molecule has 0 saturated heterocycles. The highest BCUT2D eigenvalue weighted by molar-refractivity contribution is 7.09. The van der Waals surface area contributed by atoms with Crippen LogP contribution in [0, 0.1) is 0 Å². The molecule has 1 N–H and O–H groups in total. The lowest BCUT2D eigenvalue weighted by Crippen LogP contribution is -2.46. The van der Waals surface area contributed by atoms with Gasteiger partial charge in [0.05, 0.1) is 6.61 Å². The van der Waals surface area contributed by atoms with E-state index in [1.165, 1.54) is 4.88 Å². The predicted octanol–water partition coefficient (Wildman–Crippen LogP) is 2.58. The zero-order chi connectivity index (χ0) is 13.4. The molecule has 0 spiro atoms. The second kappa shape index (κ2) is 8.64. The Labute approximate surface area is 115 Å². The van der Waals surface area contributed by atoms with Gasteiger partial charge in [0.2, 0.25) is 0 Å². The SMILES string of the molecule is CCN(C(C)CNCc1cccs1)C(C)COC. The van der Waals surface area contributed by atoms with Crippen LogP contribution in [0.1, 0.15) is 25.6 Å². The molecule has 0 fully saturated rings. The van der Waals surface area contributed by atoms with E-state index in [1.807, 2.05) is 11.3 Å². The van der Waals surface area contributed by atoms with Gasteiger partial charge in [-0.2, -0.15) is 0 Å². The van der Waals surface area contributed by atoms with E-state index in [4.69, 9.17) is 4.74 Å². The number of hydrogen-bond acceptors (Lipinski definition) is 4. The van der Waals surface area contributed by atoms with Crippen LogP contribution in [0.3, 0.4) is 0 Å². The number of likely N-dealkylation sites (N-methyl/N-ethyl adjacent to an activating group) is 1. The van der Waals surface area contributed by atoms with Crippen molar-refractivity contribution in [3.8, 4) is 0 Å². The van der Waals surface area contributed by atoms with Crippen molar-refractivity contribution in [1.82, 2.24) is 10.2 Å². The Balaban J connectivity index is 2.30. The number of ether oxygens (including phenoxy) is 1. The molecule has 0 amide bonds. The summed E-state index contributed by atoms with van der Waals surface area (Å²) in [5.41, 5.74) is 0. The van der Waals surface area contributed by atoms with Crippen molar-refractivity contribution < 1.29 is 4.74 Å². The van der Waals surface area contributed by atoms with Gasteiger partial charge in [-0.05, 0) is 31.8 Å². The van der Waals surface area contributed by atoms with Crippen LogP contribution in [0.25, 0.3) is 0 Å². The highest BCUT2D eigenvalue weighted by Gasteiger charge is 2.17. The van der Waals surface area contributed by atoms with E-state index in [9.17, 15) is 0 Å². The lowest BCUT2D eigenvalue weighted by Gasteiger charge is -2.33. The quantitative estimate of drug-likeness (QED) is 0.746. The number of hydrogen-bond donors (Lipinski definition) is 1. The second-order valence-electron chi connectivity index (χ2n) is 4.69. The molecule has 0 aliphatic carbocycles. The average Bonchev–Trinajstić information content (AvgIpc) is 2.83. The lowest BCUT2D eigenvalue weighted by atomic mass is 10.2. The maximum absolute atomic E-state index is 5.24. The summed E-state index contributed by atoms with van der Waals surface area (Å²) in [5, 5.41) is 5.65. The summed E-state index contributed by atoms with van der Waals surface area (Å²) >= 11 is 1.81. The molecule has 2 unspecified atom stereocenters. The van der Waals surface area contributed by atoms with Gasteiger partial charge in [-0.15, -0.1) is 11.3 Å². The van der Waals surface area contributed by atoms with Crippen LogP contribution in [0.15, 0.2) is 17.5 Å². The van der Waals surface area contributed by atoms with Gasteiger partial charge >= 0.3 is 0 Å². The Morgan fingerprint density at radius 2 is 2.17 bits per heavy atom. The standard InChI is InChI=1S/C14H26N2OS/c1-5-16(13(3)11-17-4)12(2)9-15-10-14-7-6-8-18-14/h6-8,12-13,15H,5,9-11H2,1-4H3. The van der Waals surface area contributed by atoms with Crippen molar-refractivity contribution in [2.75, 3.05) is 26.8 Å². The van der Waals surface area contributed by atoms with Crippen LogP contribution in [-0.4, -0.2) is 43.8 Å². The molecule has 0 aliphatic heterocycles.